The molecule has 1 N–H and O–H groups in total. The standard InChI is InChI=1S/C12H8O5/c1-15-10-4-7(13)11-9(17-10)5-8-6(12(11)14)2-3-16-8/h2-5,14H,1H3. The maximum absolute atomic E-state index is 11.8. The number of aromatic hydroxyl groups is 1. The summed E-state index contributed by atoms with van der Waals surface area (Å²) in [4.78, 5) is 11.8. The summed E-state index contributed by atoms with van der Waals surface area (Å²) in [5.41, 5.74) is 0.324. The summed E-state index contributed by atoms with van der Waals surface area (Å²) < 4.78 is 15.3. The van der Waals surface area contributed by atoms with E-state index in [1.165, 1.54) is 19.4 Å². The number of methoxy groups -OCH3 is 1. The van der Waals surface area contributed by atoms with Crippen LogP contribution in [-0.4, -0.2) is 12.2 Å². The molecule has 0 unspecified atom stereocenters. The number of phenolic OH excluding ortho intramolecular Hbond substituents is 1. The van der Waals surface area contributed by atoms with Crippen molar-refractivity contribution in [2.45, 2.75) is 0 Å². The molecular weight excluding hydrogens is 224 g/mol. The van der Waals surface area contributed by atoms with Gasteiger partial charge in [-0.15, -0.1) is 0 Å². The molecule has 5 heteroatoms. The van der Waals surface area contributed by atoms with E-state index >= 15 is 0 Å². The van der Waals surface area contributed by atoms with Crippen LogP contribution in [0.1, 0.15) is 0 Å². The molecule has 0 atom stereocenters. The van der Waals surface area contributed by atoms with Crippen LogP contribution in [0.25, 0.3) is 21.9 Å². The first kappa shape index (κ1) is 9.77. The molecule has 0 aliphatic rings. The van der Waals surface area contributed by atoms with Crippen LogP contribution in [0.5, 0.6) is 11.7 Å². The zero-order valence-electron chi connectivity index (χ0n) is 8.89. The molecule has 3 rings (SSSR count). The van der Waals surface area contributed by atoms with E-state index in [0.717, 1.165) is 0 Å². The largest absolute Gasteiger partial charge is 0.506 e. The Balaban J connectivity index is 2.56. The van der Waals surface area contributed by atoms with E-state index in [1.807, 2.05) is 0 Å². The summed E-state index contributed by atoms with van der Waals surface area (Å²) in [6, 6.07) is 4.33. The van der Waals surface area contributed by atoms with Gasteiger partial charge in [-0.2, -0.15) is 0 Å². The van der Waals surface area contributed by atoms with Crippen LogP contribution in [0.4, 0.5) is 0 Å². The quantitative estimate of drug-likeness (QED) is 0.696. The van der Waals surface area contributed by atoms with Crippen molar-refractivity contribution in [3.05, 3.63) is 34.7 Å². The topological polar surface area (TPSA) is 72.8 Å². The molecule has 2 aromatic heterocycles. The van der Waals surface area contributed by atoms with Crippen molar-refractivity contribution in [2.24, 2.45) is 0 Å². The van der Waals surface area contributed by atoms with Gasteiger partial charge in [-0.3, -0.25) is 4.79 Å². The van der Waals surface area contributed by atoms with E-state index < -0.39 is 0 Å². The van der Waals surface area contributed by atoms with Gasteiger partial charge >= 0.3 is 0 Å². The molecule has 1 aromatic carbocycles. The Labute approximate surface area is 94.8 Å². The minimum absolute atomic E-state index is 0.0906. The molecular formula is C12H8O5. The lowest BCUT2D eigenvalue weighted by atomic mass is 10.1. The van der Waals surface area contributed by atoms with Gasteiger partial charge in [-0.05, 0) is 6.07 Å². The summed E-state index contributed by atoms with van der Waals surface area (Å²) in [5, 5.41) is 10.6. The minimum atomic E-state index is -0.358. The second-order valence-electron chi connectivity index (χ2n) is 3.56. The molecule has 3 aromatic rings. The third-order valence-corrected chi connectivity index (χ3v) is 2.60. The Morgan fingerprint density at radius 3 is 2.88 bits per heavy atom. The van der Waals surface area contributed by atoms with Crippen LogP contribution in [0, 0.1) is 0 Å². The van der Waals surface area contributed by atoms with E-state index in [2.05, 4.69) is 0 Å². The van der Waals surface area contributed by atoms with Crippen molar-refractivity contribution in [2.75, 3.05) is 7.11 Å². The maximum Gasteiger partial charge on any atom is 0.288 e. The third kappa shape index (κ3) is 1.29. The average Bonchev–Trinajstić information content (AvgIpc) is 2.76. The van der Waals surface area contributed by atoms with Crippen LogP contribution >= 0.6 is 0 Å². The lowest BCUT2D eigenvalue weighted by Crippen LogP contribution is -2.01. The van der Waals surface area contributed by atoms with E-state index in [1.54, 1.807) is 12.1 Å². The summed E-state index contributed by atoms with van der Waals surface area (Å²) in [6.45, 7) is 0. The molecule has 0 fully saturated rings. The van der Waals surface area contributed by atoms with Crippen molar-refractivity contribution in [1.82, 2.24) is 0 Å². The summed E-state index contributed by atoms with van der Waals surface area (Å²) >= 11 is 0. The Morgan fingerprint density at radius 1 is 1.29 bits per heavy atom. The summed E-state index contributed by atoms with van der Waals surface area (Å²) in [5.74, 6) is -0.0459. The van der Waals surface area contributed by atoms with Crippen LogP contribution in [-0.2, 0) is 0 Å². The fourth-order valence-corrected chi connectivity index (χ4v) is 1.81. The van der Waals surface area contributed by atoms with Crippen molar-refractivity contribution in [1.29, 1.82) is 0 Å². The van der Waals surface area contributed by atoms with Crippen molar-refractivity contribution in [3.63, 3.8) is 0 Å². The first-order valence-corrected chi connectivity index (χ1v) is 4.91. The number of benzene rings is 1. The molecule has 86 valence electrons. The smallest absolute Gasteiger partial charge is 0.288 e. The predicted octanol–water partition coefficient (Wildman–Crippen LogP) is 2.25. The predicted molar refractivity (Wildman–Crippen MR) is 60.5 cm³/mol. The SMILES string of the molecule is COc1cc(=O)c2c(O)c3ccoc3cc2o1. The van der Waals surface area contributed by atoms with E-state index in [9.17, 15) is 9.90 Å². The molecule has 0 amide bonds. The average molecular weight is 232 g/mol. The maximum atomic E-state index is 11.8. The molecule has 0 saturated carbocycles. The number of hydrogen-bond acceptors (Lipinski definition) is 5. The monoisotopic (exact) mass is 232 g/mol. The highest BCUT2D eigenvalue weighted by atomic mass is 16.6. The third-order valence-electron chi connectivity index (χ3n) is 2.60. The number of phenols is 1. The Hall–Kier alpha value is -2.43. The lowest BCUT2D eigenvalue weighted by molar-refractivity contribution is 0.309. The zero-order valence-corrected chi connectivity index (χ0v) is 8.89. The molecule has 0 spiro atoms. The molecule has 0 radical (unpaired) electrons. The van der Waals surface area contributed by atoms with Crippen molar-refractivity contribution in [3.8, 4) is 11.7 Å². The second kappa shape index (κ2) is 3.28. The highest BCUT2D eigenvalue weighted by molar-refractivity contribution is 6.00. The van der Waals surface area contributed by atoms with Crippen LogP contribution in [0.15, 0.2) is 38.1 Å². The molecule has 5 nitrogen and oxygen atoms in total. The van der Waals surface area contributed by atoms with Gasteiger partial charge in [0, 0.05) is 6.07 Å². The lowest BCUT2D eigenvalue weighted by Gasteiger charge is -2.03. The van der Waals surface area contributed by atoms with Crippen LogP contribution in [0.2, 0.25) is 0 Å². The van der Waals surface area contributed by atoms with Gasteiger partial charge in [0.1, 0.15) is 22.3 Å². The zero-order chi connectivity index (χ0) is 12.0. The highest BCUT2D eigenvalue weighted by Gasteiger charge is 2.14. The number of ether oxygens (including phenoxy) is 1. The molecule has 0 aliphatic heterocycles. The fourth-order valence-electron chi connectivity index (χ4n) is 1.81. The van der Waals surface area contributed by atoms with E-state index in [-0.39, 0.29) is 28.1 Å². The van der Waals surface area contributed by atoms with Gasteiger partial charge in [0.2, 0.25) is 0 Å². The number of fused-ring (bicyclic) bond motifs is 2. The number of rotatable bonds is 1. The van der Waals surface area contributed by atoms with Crippen molar-refractivity contribution < 1.29 is 18.7 Å². The van der Waals surface area contributed by atoms with E-state index in [0.29, 0.717) is 11.0 Å². The van der Waals surface area contributed by atoms with Gasteiger partial charge in [-0.25, -0.2) is 0 Å². The molecule has 0 aliphatic carbocycles. The molecule has 0 bridgehead atoms. The molecule has 2 heterocycles. The fraction of sp³-hybridized carbons (Fsp3) is 0.0833. The minimum Gasteiger partial charge on any atom is -0.506 e. The normalized spacial score (nSPS) is 11.1. The number of furan rings is 1. The van der Waals surface area contributed by atoms with Gasteiger partial charge in [0.05, 0.1) is 24.8 Å². The van der Waals surface area contributed by atoms with Crippen LogP contribution in [0.3, 0.4) is 0 Å². The second-order valence-corrected chi connectivity index (χ2v) is 3.56. The van der Waals surface area contributed by atoms with Gasteiger partial charge < -0.3 is 18.7 Å². The number of hydrogen-bond donors (Lipinski definition) is 1. The Kier molecular flexibility index (Phi) is 1.89. The van der Waals surface area contributed by atoms with E-state index in [4.69, 9.17) is 13.6 Å². The van der Waals surface area contributed by atoms with Gasteiger partial charge in [0.25, 0.3) is 5.95 Å². The van der Waals surface area contributed by atoms with Crippen LogP contribution < -0.4 is 10.2 Å². The summed E-state index contributed by atoms with van der Waals surface area (Å²) in [7, 11) is 1.40. The molecule has 0 saturated heterocycles. The van der Waals surface area contributed by atoms with Crippen molar-refractivity contribution >= 4 is 21.9 Å². The summed E-state index contributed by atoms with van der Waals surface area (Å²) in [6.07, 6.45) is 1.44. The Bertz CT molecular complexity index is 765. The molecule has 17 heavy (non-hydrogen) atoms. The highest BCUT2D eigenvalue weighted by Crippen LogP contribution is 2.33. The van der Waals surface area contributed by atoms with Gasteiger partial charge in [0.15, 0.2) is 5.43 Å². The van der Waals surface area contributed by atoms with Gasteiger partial charge in [-0.1, -0.05) is 0 Å². The Morgan fingerprint density at radius 2 is 2.12 bits per heavy atom. The first-order valence-electron chi connectivity index (χ1n) is 4.91. The first-order chi connectivity index (χ1) is 8.20.